The standard InChI is InChI=1S/C23H21BrN2O7S/c1-4-26-21(29)18(34-23(26)25-15-7-5-14(6-8-15)22(30)32-3)11-13-9-16(24)20(17(10-13)31-2)33-12-19(27)28/h5-11H,4,12H2,1-3H3,(H,27,28)/b18-11+,25-23?. The molecule has 1 saturated heterocycles. The summed E-state index contributed by atoms with van der Waals surface area (Å²) >= 11 is 4.59. The number of aliphatic carboxylic acids is 1. The molecule has 3 rings (SSSR count). The summed E-state index contributed by atoms with van der Waals surface area (Å²) in [6.07, 6.45) is 1.70. The molecule has 1 aliphatic rings. The highest BCUT2D eigenvalue weighted by Gasteiger charge is 2.32. The van der Waals surface area contributed by atoms with Gasteiger partial charge in [-0.1, -0.05) is 0 Å². The Balaban J connectivity index is 1.89. The average molecular weight is 549 g/mol. The van der Waals surface area contributed by atoms with Crippen molar-refractivity contribution in [2.75, 3.05) is 27.4 Å². The van der Waals surface area contributed by atoms with E-state index < -0.39 is 18.5 Å². The number of methoxy groups -OCH3 is 2. The zero-order chi connectivity index (χ0) is 24.8. The molecule has 1 amide bonds. The van der Waals surface area contributed by atoms with Gasteiger partial charge in [-0.15, -0.1) is 0 Å². The minimum absolute atomic E-state index is 0.196. The van der Waals surface area contributed by atoms with Crippen LogP contribution in [0.1, 0.15) is 22.8 Å². The molecular weight excluding hydrogens is 528 g/mol. The van der Waals surface area contributed by atoms with Crippen LogP contribution in [0.25, 0.3) is 6.08 Å². The lowest BCUT2D eigenvalue weighted by molar-refractivity contribution is -0.139. The van der Waals surface area contributed by atoms with E-state index in [9.17, 15) is 14.4 Å². The van der Waals surface area contributed by atoms with Crippen molar-refractivity contribution in [1.29, 1.82) is 0 Å². The Morgan fingerprint density at radius 3 is 2.50 bits per heavy atom. The predicted molar refractivity (Wildman–Crippen MR) is 132 cm³/mol. The van der Waals surface area contributed by atoms with Crippen molar-refractivity contribution >= 4 is 62.5 Å². The molecule has 11 heteroatoms. The number of carbonyl (C=O) groups excluding carboxylic acids is 2. The molecule has 0 aliphatic carbocycles. The monoisotopic (exact) mass is 548 g/mol. The Bertz CT molecular complexity index is 1180. The summed E-state index contributed by atoms with van der Waals surface area (Å²) in [6, 6.07) is 9.93. The first-order chi connectivity index (χ1) is 16.3. The number of rotatable bonds is 8. The molecule has 1 aliphatic heterocycles. The van der Waals surface area contributed by atoms with Gasteiger partial charge in [0.15, 0.2) is 23.3 Å². The number of hydrogen-bond donors (Lipinski definition) is 1. The predicted octanol–water partition coefficient (Wildman–Crippen LogP) is 4.33. The van der Waals surface area contributed by atoms with Gasteiger partial charge in [-0.05, 0) is 82.7 Å². The van der Waals surface area contributed by atoms with Gasteiger partial charge in [0.2, 0.25) is 0 Å². The van der Waals surface area contributed by atoms with E-state index in [1.54, 1.807) is 47.4 Å². The third-order valence-corrected chi connectivity index (χ3v) is 6.20. The molecule has 0 aromatic heterocycles. The van der Waals surface area contributed by atoms with Crippen LogP contribution >= 0.6 is 27.7 Å². The highest BCUT2D eigenvalue weighted by atomic mass is 79.9. The number of aliphatic imine (C=N–C) groups is 1. The van der Waals surface area contributed by atoms with Crippen LogP contribution in [0.4, 0.5) is 5.69 Å². The molecule has 178 valence electrons. The highest BCUT2D eigenvalue weighted by Crippen LogP contribution is 2.39. The summed E-state index contributed by atoms with van der Waals surface area (Å²) in [7, 11) is 2.76. The number of amides is 1. The second kappa shape index (κ2) is 11.2. The number of benzene rings is 2. The number of amidine groups is 1. The summed E-state index contributed by atoms with van der Waals surface area (Å²) in [6.45, 7) is 1.76. The summed E-state index contributed by atoms with van der Waals surface area (Å²) in [5, 5.41) is 9.37. The van der Waals surface area contributed by atoms with Gasteiger partial charge in [-0.25, -0.2) is 14.6 Å². The normalized spacial score (nSPS) is 15.6. The third kappa shape index (κ3) is 5.78. The van der Waals surface area contributed by atoms with Crippen LogP contribution in [-0.2, 0) is 14.3 Å². The minimum Gasteiger partial charge on any atom is -0.493 e. The summed E-state index contributed by atoms with van der Waals surface area (Å²) < 4.78 is 15.8. The second-order valence-electron chi connectivity index (χ2n) is 6.81. The van der Waals surface area contributed by atoms with Crippen molar-refractivity contribution in [2.24, 2.45) is 4.99 Å². The Morgan fingerprint density at radius 2 is 1.91 bits per heavy atom. The Kier molecular flexibility index (Phi) is 8.35. The number of esters is 1. The average Bonchev–Trinajstić information content (AvgIpc) is 3.11. The Labute approximate surface area is 208 Å². The van der Waals surface area contributed by atoms with Crippen LogP contribution in [0, 0.1) is 0 Å². The van der Waals surface area contributed by atoms with Gasteiger partial charge in [0.05, 0.1) is 34.8 Å². The number of carboxylic acid groups (broad SMARTS) is 1. The Morgan fingerprint density at radius 1 is 1.21 bits per heavy atom. The van der Waals surface area contributed by atoms with E-state index in [0.717, 1.165) is 0 Å². The highest BCUT2D eigenvalue weighted by molar-refractivity contribution is 9.10. The Hall–Kier alpha value is -3.31. The molecule has 34 heavy (non-hydrogen) atoms. The number of thioether (sulfide) groups is 1. The van der Waals surface area contributed by atoms with Crippen molar-refractivity contribution in [1.82, 2.24) is 4.90 Å². The minimum atomic E-state index is -1.11. The fraction of sp³-hybridized carbons (Fsp3) is 0.217. The lowest BCUT2D eigenvalue weighted by Gasteiger charge is -2.12. The van der Waals surface area contributed by atoms with Crippen LogP contribution < -0.4 is 9.47 Å². The number of hydrogen-bond acceptors (Lipinski definition) is 8. The van der Waals surface area contributed by atoms with E-state index in [-0.39, 0.29) is 11.7 Å². The van der Waals surface area contributed by atoms with E-state index in [1.165, 1.54) is 26.0 Å². The number of ether oxygens (including phenoxy) is 3. The molecule has 0 unspecified atom stereocenters. The molecule has 2 aromatic carbocycles. The van der Waals surface area contributed by atoms with Gasteiger partial charge in [-0.2, -0.15) is 0 Å². The topological polar surface area (TPSA) is 115 Å². The molecule has 2 aromatic rings. The van der Waals surface area contributed by atoms with E-state index >= 15 is 0 Å². The van der Waals surface area contributed by atoms with Gasteiger partial charge in [0.25, 0.3) is 5.91 Å². The fourth-order valence-electron chi connectivity index (χ4n) is 3.02. The van der Waals surface area contributed by atoms with Crippen molar-refractivity contribution in [2.45, 2.75) is 6.92 Å². The molecular formula is C23H21BrN2O7S. The molecule has 1 fully saturated rings. The first-order valence-electron chi connectivity index (χ1n) is 9.98. The second-order valence-corrected chi connectivity index (χ2v) is 8.67. The zero-order valence-electron chi connectivity index (χ0n) is 18.5. The van der Waals surface area contributed by atoms with E-state index in [0.29, 0.717) is 43.7 Å². The molecule has 0 bridgehead atoms. The number of likely N-dealkylation sites (N-methyl/N-ethyl adjacent to an activating group) is 1. The van der Waals surface area contributed by atoms with Crippen LogP contribution in [-0.4, -0.2) is 60.4 Å². The number of carboxylic acids is 1. The molecule has 9 nitrogen and oxygen atoms in total. The number of nitrogens with zero attached hydrogens (tertiary/aromatic N) is 2. The lowest BCUT2D eigenvalue weighted by Crippen LogP contribution is -2.28. The smallest absolute Gasteiger partial charge is 0.341 e. The SMILES string of the molecule is CCN1C(=O)/C(=C\c2cc(Br)c(OCC(=O)O)c(OC)c2)SC1=Nc1ccc(C(=O)OC)cc1. The van der Waals surface area contributed by atoms with Crippen molar-refractivity contribution in [3.8, 4) is 11.5 Å². The van der Waals surface area contributed by atoms with Gasteiger partial charge < -0.3 is 19.3 Å². The maximum atomic E-state index is 13.0. The largest absolute Gasteiger partial charge is 0.493 e. The first kappa shape index (κ1) is 25.3. The lowest BCUT2D eigenvalue weighted by atomic mass is 10.2. The van der Waals surface area contributed by atoms with Crippen LogP contribution in [0.5, 0.6) is 11.5 Å². The van der Waals surface area contributed by atoms with E-state index in [4.69, 9.17) is 19.3 Å². The molecule has 0 atom stereocenters. The van der Waals surface area contributed by atoms with Gasteiger partial charge in [-0.3, -0.25) is 9.69 Å². The molecule has 1 heterocycles. The maximum Gasteiger partial charge on any atom is 0.341 e. The van der Waals surface area contributed by atoms with Crippen LogP contribution in [0.15, 0.2) is 50.8 Å². The van der Waals surface area contributed by atoms with Crippen molar-refractivity contribution in [3.63, 3.8) is 0 Å². The van der Waals surface area contributed by atoms with Crippen LogP contribution in [0.2, 0.25) is 0 Å². The summed E-state index contributed by atoms with van der Waals surface area (Å²) in [5.41, 5.74) is 1.65. The molecule has 0 radical (unpaired) electrons. The molecule has 1 N–H and O–H groups in total. The van der Waals surface area contributed by atoms with Gasteiger partial charge >= 0.3 is 11.9 Å². The summed E-state index contributed by atoms with van der Waals surface area (Å²) in [4.78, 5) is 42.0. The maximum absolute atomic E-state index is 13.0. The van der Waals surface area contributed by atoms with Crippen molar-refractivity contribution < 1.29 is 33.7 Å². The fourth-order valence-corrected chi connectivity index (χ4v) is 4.66. The zero-order valence-corrected chi connectivity index (χ0v) is 20.9. The van der Waals surface area contributed by atoms with E-state index in [2.05, 4.69) is 20.9 Å². The van der Waals surface area contributed by atoms with E-state index in [1.807, 2.05) is 6.92 Å². The number of carbonyl (C=O) groups is 3. The van der Waals surface area contributed by atoms with Gasteiger partial charge in [0.1, 0.15) is 0 Å². The quantitative estimate of drug-likeness (QED) is 0.382. The summed E-state index contributed by atoms with van der Waals surface area (Å²) in [5.74, 6) is -1.17. The number of halogens is 1. The van der Waals surface area contributed by atoms with Crippen LogP contribution in [0.3, 0.4) is 0 Å². The molecule has 0 saturated carbocycles. The van der Waals surface area contributed by atoms with Gasteiger partial charge in [0, 0.05) is 6.54 Å². The third-order valence-electron chi connectivity index (χ3n) is 4.61. The molecule has 0 spiro atoms. The first-order valence-corrected chi connectivity index (χ1v) is 11.6. The van der Waals surface area contributed by atoms with Crippen molar-refractivity contribution in [3.05, 3.63) is 56.9 Å².